The van der Waals surface area contributed by atoms with Crippen LogP contribution < -0.4 is 0 Å². The van der Waals surface area contributed by atoms with E-state index in [0.717, 1.165) is 24.1 Å². The van der Waals surface area contributed by atoms with Crippen molar-refractivity contribution in [1.29, 1.82) is 0 Å². The highest BCUT2D eigenvalue weighted by atomic mass is 35.5. The number of halogens is 4. The van der Waals surface area contributed by atoms with Gasteiger partial charge in [0.2, 0.25) is 0 Å². The summed E-state index contributed by atoms with van der Waals surface area (Å²) in [7, 11) is 0. The Hall–Kier alpha value is -0.770. The van der Waals surface area contributed by atoms with E-state index in [1.807, 2.05) is 0 Å². The van der Waals surface area contributed by atoms with Gasteiger partial charge in [0.25, 0.3) is 0 Å². The Morgan fingerprint density at radius 3 is 2.63 bits per heavy atom. The molecule has 0 N–H and O–H groups in total. The van der Waals surface area contributed by atoms with Crippen molar-refractivity contribution in [3.05, 3.63) is 45.4 Å². The maximum Gasteiger partial charge on any atom is 0.150 e. The second-order valence-corrected chi connectivity index (χ2v) is 5.58. The highest BCUT2D eigenvalue weighted by Gasteiger charge is 2.32. The molecule has 0 unspecified atom stereocenters. The Balaban J connectivity index is 2.20. The Kier molecular flexibility index (Phi) is 3.46. The topological polar surface area (TPSA) is 17.8 Å². The summed E-state index contributed by atoms with van der Waals surface area (Å²) in [4.78, 5) is 0. The monoisotopic (exact) mass is 318 g/mol. The molecule has 1 aromatic carbocycles. The number of alkyl halides is 1. The van der Waals surface area contributed by atoms with E-state index in [9.17, 15) is 4.39 Å². The van der Waals surface area contributed by atoms with Crippen molar-refractivity contribution in [3.63, 3.8) is 0 Å². The second kappa shape index (κ2) is 4.97. The first-order valence-electron chi connectivity index (χ1n) is 5.91. The van der Waals surface area contributed by atoms with E-state index < -0.39 is 5.82 Å². The van der Waals surface area contributed by atoms with Crippen LogP contribution in [0.15, 0.2) is 18.2 Å². The summed E-state index contributed by atoms with van der Waals surface area (Å²) in [5.74, 6) is 0.190. The zero-order chi connectivity index (χ0) is 13.6. The summed E-state index contributed by atoms with van der Waals surface area (Å²) in [5, 5.41) is 5.02. The molecule has 2 nitrogen and oxygen atoms in total. The first-order chi connectivity index (χ1) is 9.13. The summed E-state index contributed by atoms with van der Waals surface area (Å²) in [5.41, 5.74) is 1.80. The number of nitrogens with zero attached hydrogens (tertiary/aromatic N) is 2. The standard InChI is InChI=1S/C13H10Cl3FN2/c14-6-8-11(7-4-5-7)18-19(13(8)16)12-9(15)2-1-3-10(12)17/h1-3,7H,4-6H2. The first kappa shape index (κ1) is 13.2. The Morgan fingerprint density at radius 1 is 1.32 bits per heavy atom. The van der Waals surface area contributed by atoms with Gasteiger partial charge in [0.1, 0.15) is 16.7 Å². The molecule has 1 heterocycles. The molecule has 0 aliphatic heterocycles. The van der Waals surface area contributed by atoms with Gasteiger partial charge >= 0.3 is 0 Å². The molecule has 0 atom stereocenters. The lowest BCUT2D eigenvalue weighted by atomic mass is 10.2. The van der Waals surface area contributed by atoms with Crippen LogP contribution in [0.4, 0.5) is 4.39 Å². The van der Waals surface area contributed by atoms with E-state index in [1.54, 1.807) is 12.1 Å². The van der Waals surface area contributed by atoms with E-state index in [1.165, 1.54) is 10.7 Å². The molecule has 0 spiro atoms. The van der Waals surface area contributed by atoms with Crippen LogP contribution in [-0.4, -0.2) is 9.78 Å². The van der Waals surface area contributed by atoms with Gasteiger partial charge < -0.3 is 0 Å². The molecular weight excluding hydrogens is 310 g/mol. The molecule has 2 aromatic rings. The van der Waals surface area contributed by atoms with Crippen molar-refractivity contribution in [1.82, 2.24) is 9.78 Å². The summed E-state index contributed by atoms with van der Waals surface area (Å²) in [6.07, 6.45) is 2.14. The number of hydrogen-bond donors (Lipinski definition) is 0. The molecule has 1 aliphatic rings. The van der Waals surface area contributed by atoms with Crippen molar-refractivity contribution < 1.29 is 4.39 Å². The van der Waals surface area contributed by atoms with Gasteiger partial charge in [0.15, 0.2) is 0 Å². The van der Waals surface area contributed by atoms with E-state index in [0.29, 0.717) is 11.1 Å². The molecule has 0 saturated heterocycles. The molecule has 1 fully saturated rings. The minimum atomic E-state index is -0.458. The largest absolute Gasteiger partial charge is 0.217 e. The second-order valence-electron chi connectivity index (χ2n) is 4.54. The number of para-hydroxylation sites is 1. The van der Waals surface area contributed by atoms with Crippen molar-refractivity contribution in [2.45, 2.75) is 24.6 Å². The van der Waals surface area contributed by atoms with Crippen LogP contribution in [0.3, 0.4) is 0 Å². The van der Waals surface area contributed by atoms with Gasteiger partial charge in [-0.2, -0.15) is 5.10 Å². The minimum Gasteiger partial charge on any atom is -0.217 e. The molecule has 19 heavy (non-hydrogen) atoms. The first-order valence-corrected chi connectivity index (χ1v) is 7.20. The van der Waals surface area contributed by atoms with Gasteiger partial charge in [-0.05, 0) is 25.0 Å². The fourth-order valence-electron chi connectivity index (χ4n) is 2.09. The average molecular weight is 320 g/mol. The molecular formula is C13H10Cl3FN2. The molecule has 6 heteroatoms. The Bertz CT molecular complexity index is 615. The molecule has 1 aromatic heterocycles. The van der Waals surface area contributed by atoms with E-state index in [-0.39, 0.29) is 16.6 Å². The third kappa shape index (κ3) is 2.24. The van der Waals surface area contributed by atoms with E-state index in [4.69, 9.17) is 34.8 Å². The fourth-order valence-corrected chi connectivity index (χ4v) is 2.95. The molecule has 0 bridgehead atoms. The Morgan fingerprint density at radius 2 is 2.05 bits per heavy atom. The van der Waals surface area contributed by atoms with Crippen LogP contribution in [0.25, 0.3) is 5.69 Å². The SMILES string of the molecule is Fc1cccc(Cl)c1-n1nc(C2CC2)c(CCl)c1Cl. The summed E-state index contributed by atoms with van der Waals surface area (Å²) in [6, 6.07) is 4.48. The van der Waals surface area contributed by atoms with Crippen LogP contribution >= 0.6 is 34.8 Å². The van der Waals surface area contributed by atoms with Crippen LogP contribution in [-0.2, 0) is 5.88 Å². The third-order valence-corrected chi connectivity index (χ3v) is 4.16. The smallest absolute Gasteiger partial charge is 0.150 e. The van der Waals surface area contributed by atoms with Gasteiger partial charge in [-0.25, -0.2) is 9.07 Å². The van der Waals surface area contributed by atoms with Crippen LogP contribution in [0.5, 0.6) is 0 Å². The van der Waals surface area contributed by atoms with Crippen molar-refractivity contribution in [2.24, 2.45) is 0 Å². The number of rotatable bonds is 3. The zero-order valence-electron chi connectivity index (χ0n) is 9.84. The van der Waals surface area contributed by atoms with Gasteiger partial charge in [-0.3, -0.25) is 0 Å². The molecule has 1 saturated carbocycles. The van der Waals surface area contributed by atoms with Crippen LogP contribution in [0, 0.1) is 5.82 Å². The van der Waals surface area contributed by atoms with E-state index >= 15 is 0 Å². The number of hydrogen-bond acceptors (Lipinski definition) is 1. The average Bonchev–Trinajstić information content (AvgIpc) is 3.16. The summed E-state index contributed by atoms with van der Waals surface area (Å²) >= 11 is 18.2. The quantitative estimate of drug-likeness (QED) is 0.733. The summed E-state index contributed by atoms with van der Waals surface area (Å²) < 4.78 is 15.3. The Labute approximate surface area is 125 Å². The van der Waals surface area contributed by atoms with Crippen LogP contribution in [0.1, 0.15) is 30.0 Å². The lowest BCUT2D eigenvalue weighted by Gasteiger charge is -2.06. The third-order valence-electron chi connectivity index (χ3n) is 3.20. The maximum atomic E-state index is 13.9. The van der Waals surface area contributed by atoms with E-state index in [2.05, 4.69) is 5.10 Å². The minimum absolute atomic E-state index is 0.174. The number of benzene rings is 1. The van der Waals surface area contributed by atoms with Crippen molar-refractivity contribution >= 4 is 34.8 Å². The summed E-state index contributed by atoms with van der Waals surface area (Å²) in [6.45, 7) is 0. The maximum absolute atomic E-state index is 13.9. The highest BCUT2D eigenvalue weighted by Crippen LogP contribution is 2.44. The normalized spacial score (nSPS) is 14.9. The zero-order valence-corrected chi connectivity index (χ0v) is 12.1. The predicted octanol–water partition coefficient (Wildman–Crippen LogP) is 4.93. The molecule has 0 radical (unpaired) electrons. The van der Waals surface area contributed by atoms with Gasteiger partial charge in [-0.1, -0.05) is 29.3 Å². The molecule has 3 rings (SSSR count). The number of aromatic nitrogens is 2. The fraction of sp³-hybridized carbons (Fsp3) is 0.308. The predicted molar refractivity (Wildman–Crippen MR) is 75.1 cm³/mol. The van der Waals surface area contributed by atoms with Crippen molar-refractivity contribution in [3.8, 4) is 5.69 Å². The van der Waals surface area contributed by atoms with Gasteiger partial charge in [-0.15, -0.1) is 11.6 Å². The lowest BCUT2D eigenvalue weighted by Crippen LogP contribution is -2.01. The molecule has 0 amide bonds. The molecule has 100 valence electrons. The highest BCUT2D eigenvalue weighted by molar-refractivity contribution is 6.33. The lowest BCUT2D eigenvalue weighted by molar-refractivity contribution is 0.610. The van der Waals surface area contributed by atoms with Crippen LogP contribution in [0.2, 0.25) is 10.2 Å². The van der Waals surface area contributed by atoms with Crippen molar-refractivity contribution in [2.75, 3.05) is 0 Å². The van der Waals surface area contributed by atoms with Gasteiger partial charge in [0.05, 0.1) is 16.6 Å². The molecule has 1 aliphatic carbocycles. The van der Waals surface area contributed by atoms with Gasteiger partial charge in [0, 0.05) is 11.5 Å².